The third kappa shape index (κ3) is 4.04. The van der Waals surface area contributed by atoms with E-state index in [9.17, 15) is 13.2 Å². The van der Waals surface area contributed by atoms with Crippen molar-refractivity contribution >= 4 is 16.4 Å². The molecule has 0 bridgehead atoms. The zero-order chi connectivity index (χ0) is 16.2. The summed E-state index contributed by atoms with van der Waals surface area (Å²) in [5.41, 5.74) is -0.351. The van der Waals surface area contributed by atoms with Crippen LogP contribution in [0.4, 0.5) is 0 Å². The van der Waals surface area contributed by atoms with Crippen LogP contribution < -0.4 is 0 Å². The van der Waals surface area contributed by atoms with E-state index in [4.69, 9.17) is 8.92 Å². The molecule has 1 fully saturated rings. The van der Waals surface area contributed by atoms with Crippen molar-refractivity contribution in [1.29, 1.82) is 0 Å². The molecular formula is C14H18O7S. The maximum absolute atomic E-state index is 11.6. The number of carbonyl (C=O) groups excluding carboxylic acids is 1. The lowest BCUT2D eigenvalue weighted by molar-refractivity contribution is -0.154. The first-order valence-corrected chi connectivity index (χ1v) is 8.03. The second-order valence-electron chi connectivity index (χ2n) is 5.09. The fraction of sp³-hybridized carbons (Fsp3) is 0.500. The van der Waals surface area contributed by atoms with E-state index in [0.717, 1.165) is 12.7 Å². The highest BCUT2D eigenvalue weighted by molar-refractivity contribution is 7.82. The first-order valence-electron chi connectivity index (χ1n) is 6.70. The lowest BCUT2D eigenvalue weighted by Crippen LogP contribution is -2.43. The molecule has 2 rings (SSSR count). The zero-order valence-electron chi connectivity index (χ0n) is 12.4. The van der Waals surface area contributed by atoms with Gasteiger partial charge in [-0.1, -0.05) is 30.3 Å². The molecule has 7 nitrogen and oxygen atoms in total. The van der Waals surface area contributed by atoms with Crippen LogP contribution in [0.15, 0.2) is 30.3 Å². The fourth-order valence-electron chi connectivity index (χ4n) is 2.12. The van der Waals surface area contributed by atoms with Gasteiger partial charge in [0.2, 0.25) is 6.10 Å². The SMILES string of the molecule is COC(=O)[C@@H]1OS(=O)(=O)O[C@]1(C)CCOCc1ccccc1. The van der Waals surface area contributed by atoms with E-state index in [-0.39, 0.29) is 13.0 Å². The molecule has 122 valence electrons. The Morgan fingerprint density at radius 1 is 1.32 bits per heavy atom. The minimum atomic E-state index is -4.20. The molecule has 0 radical (unpaired) electrons. The number of benzene rings is 1. The largest absolute Gasteiger partial charge is 0.467 e. The Morgan fingerprint density at radius 2 is 2.00 bits per heavy atom. The van der Waals surface area contributed by atoms with Crippen molar-refractivity contribution in [3.8, 4) is 0 Å². The normalized spacial score (nSPS) is 26.7. The van der Waals surface area contributed by atoms with E-state index >= 15 is 0 Å². The minimum absolute atomic E-state index is 0.166. The van der Waals surface area contributed by atoms with Crippen LogP contribution in [-0.4, -0.2) is 39.8 Å². The molecule has 22 heavy (non-hydrogen) atoms. The van der Waals surface area contributed by atoms with Gasteiger partial charge >= 0.3 is 16.4 Å². The van der Waals surface area contributed by atoms with E-state index in [1.165, 1.54) is 6.92 Å². The first kappa shape index (κ1) is 16.9. The molecule has 1 heterocycles. The van der Waals surface area contributed by atoms with Crippen LogP contribution in [0.3, 0.4) is 0 Å². The van der Waals surface area contributed by atoms with E-state index in [1.54, 1.807) is 0 Å². The van der Waals surface area contributed by atoms with Gasteiger partial charge in [0.1, 0.15) is 5.60 Å². The third-order valence-corrected chi connectivity index (χ3v) is 4.34. The molecule has 1 aliphatic heterocycles. The van der Waals surface area contributed by atoms with Crippen LogP contribution >= 0.6 is 0 Å². The summed E-state index contributed by atoms with van der Waals surface area (Å²) < 4.78 is 42.5. The third-order valence-electron chi connectivity index (χ3n) is 3.33. The number of esters is 1. The molecule has 2 atom stereocenters. The highest BCUT2D eigenvalue weighted by Crippen LogP contribution is 2.34. The standard InChI is InChI=1S/C14H18O7S/c1-14(8-9-19-10-11-6-4-3-5-7-11)12(13(15)18-2)20-22(16,17)21-14/h3-7,12H,8-10H2,1-2H3/t12-,14+/m0/s1. The van der Waals surface area contributed by atoms with Gasteiger partial charge in [-0.3, -0.25) is 0 Å². The topological polar surface area (TPSA) is 88.1 Å². The molecule has 1 aromatic carbocycles. The molecular weight excluding hydrogens is 312 g/mol. The predicted molar refractivity (Wildman–Crippen MR) is 76.0 cm³/mol. The average molecular weight is 330 g/mol. The summed E-state index contributed by atoms with van der Waals surface area (Å²) >= 11 is 0. The summed E-state index contributed by atoms with van der Waals surface area (Å²) in [5.74, 6) is -0.799. The van der Waals surface area contributed by atoms with Crippen LogP contribution in [0.25, 0.3) is 0 Å². The van der Waals surface area contributed by atoms with Crippen molar-refractivity contribution in [2.75, 3.05) is 13.7 Å². The minimum Gasteiger partial charge on any atom is -0.467 e. The van der Waals surface area contributed by atoms with Crippen molar-refractivity contribution < 1.29 is 31.1 Å². The number of carbonyl (C=O) groups is 1. The highest BCUT2D eigenvalue weighted by Gasteiger charge is 2.54. The van der Waals surface area contributed by atoms with Gasteiger partial charge in [0, 0.05) is 13.0 Å². The Bertz CT molecular complexity index is 613. The number of hydrogen-bond acceptors (Lipinski definition) is 7. The summed E-state index contributed by atoms with van der Waals surface area (Å²) in [4.78, 5) is 11.6. The molecule has 0 amide bonds. The van der Waals surface area contributed by atoms with Crippen LogP contribution in [0, 0.1) is 0 Å². The second-order valence-corrected chi connectivity index (χ2v) is 6.27. The average Bonchev–Trinajstić information content (AvgIpc) is 2.74. The van der Waals surface area contributed by atoms with E-state index in [0.29, 0.717) is 6.61 Å². The molecule has 1 saturated heterocycles. The van der Waals surface area contributed by atoms with Crippen molar-refractivity contribution in [3.05, 3.63) is 35.9 Å². The summed E-state index contributed by atoms with van der Waals surface area (Å²) in [6.07, 6.45) is -1.17. The summed E-state index contributed by atoms with van der Waals surface area (Å²) in [6, 6.07) is 9.53. The van der Waals surface area contributed by atoms with Gasteiger partial charge < -0.3 is 9.47 Å². The molecule has 0 unspecified atom stereocenters. The summed E-state index contributed by atoms with van der Waals surface area (Å²) in [5, 5.41) is 0. The van der Waals surface area contributed by atoms with Gasteiger partial charge in [0.15, 0.2) is 0 Å². The smallest absolute Gasteiger partial charge is 0.401 e. The van der Waals surface area contributed by atoms with Gasteiger partial charge in [-0.25, -0.2) is 13.2 Å². The fourth-order valence-corrected chi connectivity index (χ4v) is 3.32. The second kappa shape index (κ2) is 6.74. The summed E-state index contributed by atoms with van der Waals surface area (Å²) in [6.45, 7) is 2.07. The Hall–Kier alpha value is -1.48. The van der Waals surface area contributed by atoms with Crippen molar-refractivity contribution in [2.45, 2.75) is 31.7 Å². The van der Waals surface area contributed by atoms with E-state index in [2.05, 4.69) is 8.92 Å². The Labute approximate surface area is 129 Å². The molecule has 0 spiro atoms. The molecule has 0 aliphatic carbocycles. The monoisotopic (exact) mass is 330 g/mol. The maximum Gasteiger partial charge on any atom is 0.401 e. The Kier molecular flexibility index (Phi) is 5.17. The summed E-state index contributed by atoms with van der Waals surface area (Å²) in [7, 11) is -3.05. The van der Waals surface area contributed by atoms with Gasteiger partial charge in [0.05, 0.1) is 13.7 Å². The molecule has 0 N–H and O–H groups in total. The molecule has 1 aromatic rings. The van der Waals surface area contributed by atoms with Gasteiger partial charge in [-0.2, -0.15) is 8.42 Å². The Balaban J connectivity index is 1.93. The van der Waals surface area contributed by atoms with Gasteiger partial charge in [-0.05, 0) is 12.5 Å². The lowest BCUT2D eigenvalue weighted by atomic mass is 9.95. The number of rotatable bonds is 6. The number of ether oxygens (including phenoxy) is 2. The number of methoxy groups -OCH3 is 1. The van der Waals surface area contributed by atoms with E-state index < -0.39 is 28.1 Å². The van der Waals surface area contributed by atoms with Crippen LogP contribution in [0.5, 0.6) is 0 Å². The molecule has 0 aromatic heterocycles. The van der Waals surface area contributed by atoms with Gasteiger partial charge in [0.25, 0.3) is 0 Å². The van der Waals surface area contributed by atoms with Crippen LogP contribution in [0.1, 0.15) is 18.9 Å². The van der Waals surface area contributed by atoms with Crippen molar-refractivity contribution in [3.63, 3.8) is 0 Å². The molecule has 0 saturated carbocycles. The predicted octanol–water partition coefficient (Wildman–Crippen LogP) is 1.19. The van der Waals surface area contributed by atoms with Crippen LogP contribution in [-0.2, 0) is 39.6 Å². The quantitative estimate of drug-likeness (QED) is 0.572. The first-order chi connectivity index (χ1) is 10.4. The van der Waals surface area contributed by atoms with Gasteiger partial charge in [-0.15, -0.1) is 0 Å². The maximum atomic E-state index is 11.6. The van der Waals surface area contributed by atoms with Crippen molar-refractivity contribution in [2.24, 2.45) is 0 Å². The van der Waals surface area contributed by atoms with Crippen LogP contribution in [0.2, 0.25) is 0 Å². The Morgan fingerprint density at radius 3 is 2.64 bits per heavy atom. The number of hydrogen-bond donors (Lipinski definition) is 0. The highest BCUT2D eigenvalue weighted by atomic mass is 32.3. The lowest BCUT2D eigenvalue weighted by Gasteiger charge is -2.24. The molecule has 8 heteroatoms. The van der Waals surface area contributed by atoms with Crippen molar-refractivity contribution in [1.82, 2.24) is 0 Å². The van der Waals surface area contributed by atoms with E-state index in [1.807, 2.05) is 30.3 Å². The molecule has 1 aliphatic rings. The zero-order valence-corrected chi connectivity index (χ0v) is 13.2.